The van der Waals surface area contributed by atoms with Crippen LogP contribution in [-0.4, -0.2) is 47.6 Å². The first-order valence-electron chi connectivity index (χ1n) is 6.31. The van der Waals surface area contributed by atoms with Crippen molar-refractivity contribution in [1.29, 1.82) is 0 Å². The fraction of sp³-hybridized carbons (Fsp3) is 0.833. The Morgan fingerprint density at radius 2 is 2.18 bits per heavy atom. The van der Waals surface area contributed by atoms with Gasteiger partial charge in [0, 0.05) is 13.1 Å². The predicted molar refractivity (Wildman–Crippen MR) is 64.7 cm³/mol. The third-order valence-electron chi connectivity index (χ3n) is 3.22. The molecule has 0 saturated carbocycles. The Morgan fingerprint density at radius 3 is 2.65 bits per heavy atom. The van der Waals surface area contributed by atoms with Crippen LogP contribution >= 0.6 is 0 Å². The summed E-state index contributed by atoms with van der Waals surface area (Å²) in [5.41, 5.74) is 0. The SMILES string of the molecule is CCN(CC(C)C(=O)O)C(=O)[C@H]1CCCCN1. The highest BCUT2D eigenvalue weighted by molar-refractivity contribution is 5.82. The summed E-state index contributed by atoms with van der Waals surface area (Å²) < 4.78 is 0. The van der Waals surface area contributed by atoms with Gasteiger partial charge in [0.1, 0.15) is 0 Å². The Balaban J connectivity index is 2.53. The van der Waals surface area contributed by atoms with E-state index in [9.17, 15) is 9.59 Å². The molecule has 1 heterocycles. The Hall–Kier alpha value is -1.10. The van der Waals surface area contributed by atoms with Crippen LogP contribution in [0.1, 0.15) is 33.1 Å². The molecule has 17 heavy (non-hydrogen) atoms. The standard InChI is InChI=1S/C12H22N2O3/c1-3-14(8-9(2)12(16)17)11(15)10-6-4-5-7-13-10/h9-10,13H,3-8H2,1-2H3,(H,16,17)/t9?,10-/m1/s1. The van der Waals surface area contributed by atoms with Crippen LogP contribution in [-0.2, 0) is 9.59 Å². The summed E-state index contributed by atoms with van der Waals surface area (Å²) in [5, 5.41) is 12.1. The normalized spacial score (nSPS) is 21.9. The lowest BCUT2D eigenvalue weighted by Gasteiger charge is -2.30. The van der Waals surface area contributed by atoms with Crippen molar-refractivity contribution in [3.63, 3.8) is 0 Å². The van der Waals surface area contributed by atoms with Crippen LogP contribution in [0.5, 0.6) is 0 Å². The number of carbonyl (C=O) groups is 2. The number of nitrogens with one attached hydrogen (secondary N) is 1. The summed E-state index contributed by atoms with van der Waals surface area (Å²) in [6.45, 7) is 5.25. The van der Waals surface area contributed by atoms with Gasteiger partial charge in [-0.15, -0.1) is 0 Å². The number of hydrogen-bond donors (Lipinski definition) is 2. The van der Waals surface area contributed by atoms with Gasteiger partial charge in [-0.1, -0.05) is 13.3 Å². The molecule has 1 aliphatic rings. The number of nitrogens with zero attached hydrogens (tertiary/aromatic N) is 1. The molecular formula is C12H22N2O3. The third-order valence-corrected chi connectivity index (χ3v) is 3.22. The minimum absolute atomic E-state index is 0.0419. The van der Waals surface area contributed by atoms with Gasteiger partial charge in [-0.05, 0) is 26.3 Å². The van der Waals surface area contributed by atoms with Crippen molar-refractivity contribution < 1.29 is 14.7 Å². The molecule has 1 unspecified atom stereocenters. The van der Waals surface area contributed by atoms with Gasteiger partial charge in [-0.3, -0.25) is 9.59 Å². The minimum Gasteiger partial charge on any atom is -0.481 e. The quantitative estimate of drug-likeness (QED) is 0.744. The second-order valence-corrected chi connectivity index (χ2v) is 4.62. The van der Waals surface area contributed by atoms with E-state index in [2.05, 4.69) is 5.32 Å². The molecule has 1 saturated heterocycles. The molecule has 0 aromatic rings. The summed E-state index contributed by atoms with van der Waals surface area (Å²) >= 11 is 0. The highest BCUT2D eigenvalue weighted by Gasteiger charge is 2.26. The summed E-state index contributed by atoms with van der Waals surface area (Å²) in [6.07, 6.45) is 3.04. The summed E-state index contributed by atoms with van der Waals surface area (Å²) in [4.78, 5) is 24.6. The van der Waals surface area contributed by atoms with Crippen molar-refractivity contribution in [3.8, 4) is 0 Å². The van der Waals surface area contributed by atoms with Gasteiger partial charge >= 0.3 is 5.97 Å². The number of aliphatic carboxylic acids is 1. The second-order valence-electron chi connectivity index (χ2n) is 4.62. The first-order chi connectivity index (χ1) is 8.06. The van der Waals surface area contributed by atoms with E-state index >= 15 is 0 Å². The number of piperidine rings is 1. The molecule has 0 aliphatic carbocycles. The number of carboxylic acids is 1. The van der Waals surface area contributed by atoms with Crippen molar-refractivity contribution in [2.75, 3.05) is 19.6 Å². The maximum absolute atomic E-state index is 12.2. The van der Waals surface area contributed by atoms with Crippen LogP contribution in [0.2, 0.25) is 0 Å². The molecule has 2 N–H and O–H groups in total. The van der Waals surface area contributed by atoms with Crippen molar-refractivity contribution in [3.05, 3.63) is 0 Å². The van der Waals surface area contributed by atoms with Crippen molar-refractivity contribution >= 4 is 11.9 Å². The zero-order valence-electron chi connectivity index (χ0n) is 10.6. The lowest BCUT2D eigenvalue weighted by molar-refractivity contribution is -0.143. The van der Waals surface area contributed by atoms with Crippen molar-refractivity contribution in [2.24, 2.45) is 5.92 Å². The number of carbonyl (C=O) groups excluding carboxylic acids is 1. The van der Waals surface area contributed by atoms with E-state index in [1.54, 1.807) is 11.8 Å². The number of carboxylic acid groups (broad SMARTS) is 1. The smallest absolute Gasteiger partial charge is 0.308 e. The predicted octanol–water partition coefficient (Wildman–Crippen LogP) is 0.698. The molecular weight excluding hydrogens is 220 g/mol. The minimum atomic E-state index is -0.854. The first-order valence-corrected chi connectivity index (χ1v) is 6.31. The average molecular weight is 242 g/mol. The van der Waals surface area contributed by atoms with Crippen LogP contribution < -0.4 is 5.32 Å². The maximum atomic E-state index is 12.2. The molecule has 5 nitrogen and oxygen atoms in total. The third kappa shape index (κ3) is 4.00. The topological polar surface area (TPSA) is 69.6 Å². The molecule has 98 valence electrons. The molecule has 0 spiro atoms. The van der Waals surface area contributed by atoms with Gasteiger partial charge in [-0.2, -0.15) is 0 Å². The van der Waals surface area contributed by atoms with Crippen LogP contribution in [0.15, 0.2) is 0 Å². The summed E-state index contributed by atoms with van der Waals surface area (Å²) in [7, 11) is 0. The van der Waals surface area contributed by atoms with Crippen LogP contribution in [0.3, 0.4) is 0 Å². The molecule has 0 bridgehead atoms. The molecule has 0 radical (unpaired) electrons. The fourth-order valence-electron chi connectivity index (χ4n) is 2.07. The van der Waals surface area contributed by atoms with E-state index in [-0.39, 0.29) is 11.9 Å². The lowest BCUT2D eigenvalue weighted by atomic mass is 10.0. The van der Waals surface area contributed by atoms with Gasteiger partial charge < -0.3 is 15.3 Å². The van der Waals surface area contributed by atoms with E-state index < -0.39 is 11.9 Å². The van der Waals surface area contributed by atoms with E-state index in [1.807, 2.05) is 6.92 Å². The van der Waals surface area contributed by atoms with Gasteiger partial charge in [0.25, 0.3) is 0 Å². The van der Waals surface area contributed by atoms with Gasteiger partial charge in [0.05, 0.1) is 12.0 Å². The Morgan fingerprint density at radius 1 is 1.47 bits per heavy atom. The Bertz CT molecular complexity index is 275. The van der Waals surface area contributed by atoms with E-state index in [4.69, 9.17) is 5.11 Å². The largest absolute Gasteiger partial charge is 0.481 e. The fourth-order valence-corrected chi connectivity index (χ4v) is 2.07. The molecule has 5 heteroatoms. The highest BCUT2D eigenvalue weighted by atomic mass is 16.4. The molecule has 0 aromatic heterocycles. The van der Waals surface area contributed by atoms with E-state index in [0.717, 1.165) is 25.8 Å². The molecule has 2 atom stereocenters. The maximum Gasteiger partial charge on any atom is 0.308 e. The molecule has 0 aromatic carbocycles. The average Bonchev–Trinajstić information content (AvgIpc) is 2.35. The Labute approximate surface area is 102 Å². The molecule has 1 rings (SSSR count). The van der Waals surface area contributed by atoms with Crippen LogP contribution in [0.25, 0.3) is 0 Å². The van der Waals surface area contributed by atoms with Crippen molar-refractivity contribution in [2.45, 2.75) is 39.2 Å². The van der Waals surface area contributed by atoms with Gasteiger partial charge in [-0.25, -0.2) is 0 Å². The molecule has 1 fully saturated rings. The molecule has 1 aliphatic heterocycles. The number of likely N-dealkylation sites (N-methyl/N-ethyl adjacent to an activating group) is 1. The van der Waals surface area contributed by atoms with Gasteiger partial charge in [0.2, 0.25) is 5.91 Å². The first kappa shape index (κ1) is 14.0. The van der Waals surface area contributed by atoms with Crippen LogP contribution in [0.4, 0.5) is 0 Å². The summed E-state index contributed by atoms with van der Waals surface area (Å²) in [5.74, 6) is -1.32. The zero-order chi connectivity index (χ0) is 12.8. The zero-order valence-corrected chi connectivity index (χ0v) is 10.6. The number of hydrogen-bond acceptors (Lipinski definition) is 3. The molecule has 1 amide bonds. The number of amides is 1. The van der Waals surface area contributed by atoms with Crippen molar-refractivity contribution in [1.82, 2.24) is 10.2 Å². The summed E-state index contributed by atoms with van der Waals surface area (Å²) in [6, 6.07) is -0.121. The van der Waals surface area contributed by atoms with E-state index in [0.29, 0.717) is 13.1 Å². The number of rotatable bonds is 5. The monoisotopic (exact) mass is 242 g/mol. The highest BCUT2D eigenvalue weighted by Crippen LogP contribution is 2.11. The van der Waals surface area contributed by atoms with Gasteiger partial charge in [0.15, 0.2) is 0 Å². The van der Waals surface area contributed by atoms with Crippen LogP contribution in [0, 0.1) is 5.92 Å². The van der Waals surface area contributed by atoms with E-state index in [1.165, 1.54) is 0 Å². The Kier molecular flexibility index (Phi) is 5.41. The lowest BCUT2D eigenvalue weighted by Crippen LogP contribution is -2.50. The second kappa shape index (κ2) is 6.59.